The van der Waals surface area contributed by atoms with Gasteiger partial charge in [-0.3, -0.25) is 4.79 Å². The molecule has 0 bridgehead atoms. The molecule has 8 nitrogen and oxygen atoms in total. The molecular weight excluding hydrogens is 326 g/mol. The van der Waals surface area contributed by atoms with Crippen molar-refractivity contribution in [3.05, 3.63) is 48.5 Å². The molecule has 0 saturated heterocycles. The first-order valence-electron chi connectivity index (χ1n) is 7.42. The van der Waals surface area contributed by atoms with Crippen molar-refractivity contribution in [1.29, 1.82) is 0 Å². The molecule has 3 rings (SSSR count). The van der Waals surface area contributed by atoms with Crippen molar-refractivity contribution in [1.82, 2.24) is 35.1 Å². The van der Waals surface area contributed by atoms with Crippen molar-refractivity contribution in [3.63, 3.8) is 0 Å². The van der Waals surface area contributed by atoms with E-state index in [0.29, 0.717) is 23.9 Å². The zero-order valence-corrected chi connectivity index (χ0v) is 14.0. The maximum atomic E-state index is 12.0. The van der Waals surface area contributed by atoms with Crippen LogP contribution in [0, 0.1) is 0 Å². The van der Waals surface area contributed by atoms with Gasteiger partial charge in [0.15, 0.2) is 0 Å². The summed E-state index contributed by atoms with van der Waals surface area (Å²) < 4.78 is 3.52. The number of benzene rings is 1. The van der Waals surface area contributed by atoms with Crippen molar-refractivity contribution in [2.24, 2.45) is 7.05 Å². The average Bonchev–Trinajstić information content (AvgIpc) is 3.26. The van der Waals surface area contributed by atoms with Crippen LogP contribution in [0.5, 0.6) is 0 Å². The van der Waals surface area contributed by atoms with E-state index in [1.165, 1.54) is 11.8 Å². The van der Waals surface area contributed by atoms with E-state index in [0.717, 1.165) is 11.3 Å². The van der Waals surface area contributed by atoms with E-state index in [9.17, 15) is 4.79 Å². The molecule has 0 atom stereocenters. The molecule has 1 amide bonds. The van der Waals surface area contributed by atoms with Crippen LogP contribution in [0.1, 0.15) is 12.0 Å². The summed E-state index contributed by atoms with van der Waals surface area (Å²) in [5.41, 5.74) is 2.05. The molecule has 0 aliphatic carbocycles. The normalized spacial score (nSPS) is 10.7. The average molecular weight is 343 g/mol. The lowest BCUT2D eigenvalue weighted by Gasteiger charge is -2.11. The minimum Gasteiger partial charge on any atom is -0.352 e. The van der Waals surface area contributed by atoms with Gasteiger partial charge in [0.05, 0.1) is 12.0 Å². The number of carbonyl (C=O) groups excluding carboxylic acids is 1. The number of carbonyl (C=O) groups is 1. The number of nitrogens with one attached hydrogen (secondary N) is 1. The van der Waals surface area contributed by atoms with Crippen LogP contribution in [0.15, 0.2) is 48.1 Å². The standard InChI is InChI=1S/C15H17N7OS/c1-21-15(18-19-20-21)24-9-6-14(23)17-10-12-4-2-3-5-13(12)22-8-7-16-11-22/h2-5,7-8,11H,6,9-10H2,1H3,(H,17,23). The molecule has 2 heterocycles. The van der Waals surface area contributed by atoms with E-state index in [4.69, 9.17) is 0 Å². The van der Waals surface area contributed by atoms with Crippen molar-refractivity contribution in [2.75, 3.05) is 5.75 Å². The zero-order valence-electron chi connectivity index (χ0n) is 13.2. The first-order chi connectivity index (χ1) is 11.7. The van der Waals surface area contributed by atoms with E-state index in [1.54, 1.807) is 24.3 Å². The first kappa shape index (κ1) is 16.2. The van der Waals surface area contributed by atoms with Gasteiger partial charge in [-0.2, -0.15) is 0 Å². The van der Waals surface area contributed by atoms with Gasteiger partial charge >= 0.3 is 0 Å². The fraction of sp³-hybridized carbons (Fsp3) is 0.267. The van der Waals surface area contributed by atoms with E-state index in [1.807, 2.05) is 35.0 Å². The van der Waals surface area contributed by atoms with E-state index >= 15 is 0 Å². The predicted molar refractivity (Wildman–Crippen MR) is 89.5 cm³/mol. The summed E-state index contributed by atoms with van der Waals surface area (Å²) in [7, 11) is 1.77. The number of tetrazole rings is 1. The van der Waals surface area contributed by atoms with Gasteiger partial charge in [0.25, 0.3) is 0 Å². The Hall–Kier alpha value is -2.68. The molecule has 0 fully saturated rings. The summed E-state index contributed by atoms with van der Waals surface area (Å²) in [6.45, 7) is 0.476. The molecular formula is C15H17N7OS. The number of hydrogen-bond donors (Lipinski definition) is 1. The van der Waals surface area contributed by atoms with Gasteiger partial charge in [-0.1, -0.05) is 30.0 Å². The number of para-hydroxylation sites is 1. The lowest BCUT2D eigenvalue weighted by Crippen LogP contribution is -2.23. The Kier molecular flexibility index (Phi) is 5.22. The Labute approximate surface area is 143 Å². The van der Waals surface area contributed by atoms with Crippen molar-refractivity contribution < 1.29 is 4.79 Å². The molecule has 2 aromatic heterocycles. The molecule has 1 aromatic carbocycles. The molecule has 124 valence electrons. The molecule has 0 aliphatic rings. The van der Waals surface area contributed by atoms with Crippen LogP contribution in [-0.2, 0) is 18.4 Å². The van der Waals surface area contributed by atoms with Crippen molar-refractivity contribution in [3.8, 4) is 5.69 Å². The van der Waals surface area contributed by atoms with Gasteiger partial charge in [-0.05, 0) is 22.1 Å². The number of amides is 1. The van der Waals surface area contributed by atoms with Crippen molar-refractivity contribution in [2.45, 2.75) is 18.1 Å². The molecule has 9 heteroatoms. The predicted octanol–water partition coefficient (Wildman–Crippen LogP) is 1.19. The minimum atomic E-state index is -0.00179. The smallest absolute Gasteiger partial charge is 0.221 e. The molecule has 1 N–H and O–H groups in total. The monoisotopic (exact) mass is 343 g/mol. The summed E-state index contributed by atoms with van der Waals surface area (Å²) >= 11 is 1.46. The largest absolute Gasteiger partial charge is 0.352 e. The highest BCUT2D eigenvalue weighted by molar-refractivity contribution is 7.99. The highest BCUT2D eigenvalue weighted by Crippen LogP contribution is 2.15. The molecule has 0 radical (unpaired) electrons. The Morgan fingerprint density at radius 1 is 1.33 bits per heavy atom. The fourth-order valence-electron chi connectivity index (χ4n) is 2.17. The lowest BCUT2D eigenvalue weighted by molar-refractivity contribution is -0.120. The summed E-state index contributed by atoms with van der Waals surface area (Å²) in [5.74, 6) is 0.626. The molecule has 0 aliphatic heterocycles. The van der Waals surface area contributed by atoms with E-state index in [2.05, 4.69) is 25.8 Å². The Bertz CT molecular complexity index is 800. The second-order valence-corrected chi connectivity index (χ2v) is 6.12. The van der Waals surface area contributed by atoms with E-state index < -0.39 is 0 Å². The second-order valence-electron chi connectivity index (χ2n) is 5.06. The SMILES string of the molecule is Cn1nnnc1SCCC(=O)NCc1ccccc1-n1ccnc1. The van der Waals surface area contributed by atoms with Crippen LogP contribution in [0.4, 0.5) is 0 Å². The van der Waals surface area contributed by atoms with Crippen molar-refractivity contribution >= 4 is 17.7 Å². The number of thioether (sulfide) groups is 1. The van der Waals surface area contributed by atoms with Crippen LogP contribution in [0.2, 0.25) is 0 Å². The van der Waals surface area contributed by atoms with Gasteiger partial charge in [0.1, 0.15) is 0 Å². The number of aromatic nitrogens is 6. The van der Waals surface area contributed by atoms with Crippen LogP contribution in [0.3, 0.4) is 0 Å². The summed E-state index contributed by atoms with van der Waals surface area (Å²) in [4.78, 5) is 16.1. The molecule has 3 aromatic rings. The fourth-order valence-corrected chi connectivity index (χ4v) is 2.96. The number of aryl methyl sites for hydroxylation is 1. The highest BCUT2D eigenvalue weighted by atomic mass is 32.2. The number of rotatable bonds is 7. The maximum Gasteiger partial charge on any atom is 0.221 e. The lowest BCUT2D eigenvalue weighted by atomic mass is 10.1. The Morgan fingerprint density at radius 2 is 2.21 bits per heavy atom. The van der Waals surface area contributed by atoms with Gasteiger partial charge in [-0.25, -0.2) is 9.67 Å². The molecule has 24 heavy (non-hydrogen) atoms. The summed E-state index contributed by atoms with van der Waals surface area (Å²) in [6.07, 6.45) is 5.76. The van der Waals surface area contributed by atoms with Gasteiger partial charge < -0.3 is 9.88 Å². The first-order valence-corrected chi connectivity index (χ1v) is 8.40. The Balaban J connectivity index is 1.51. The third kappa shape index (κ3) is 3.99. The highest BCUT2D eigenvalue weighted by Gasteiger charge is 2.08. The summed E-state index contributed by atoms with van der Waals surface area (Å²) in [5, 5.41) is 14.8. The Morgan fingerprint density at radius 3 is 2.96 bits per heavy atom. The molecule has 0 unspecified atom stereocenters. The summed E-state index contributed by atoms with van der Waals surface area (Å²) in [6, 6.07) is 7.92. The van der Waals surface area contributed by atoms with Crippen LogP contribution in [0.25, 0.3) is 5.69 Å². The zero-order chi connectivity index (χ0) is 16.8. The third-order valence-corrected chi connectivity index (χ3v) is 4.40. The van der Waals surface area contributed by atoms with Crippen LogP contribution in [-0.4, -0.2) is 41.4 Å². The van der Waals surface area contributed by atoms with Gasteiger partial charge in [-0.15, -0.1) is 5.10 Å². The quantitative estimate of drug-likeness (QED) is 0.648. The topological polar surface area (TPSA) is 90.5 Å². The number of imidazole rings is 1. The molecule has 0 saturated carbocycles. The number of nitrogens with zero attached hydrogens (tertiary/aromatic N) is 6. The third-order valence-electron chi connectivity index (χ3n) is 3.39. The van der Waals surface area contributed by atoms with Gasteiger partial charge in [0.2, 0.25) is 11.1 Å². The van der Waals surface area contributed by atoms with E-state index in [-0.39, 0.29) is 5.91 Å². The molecule has 0 spiro atoms. The number of hydrogen-bond acceptors (Lipinski definition) is 6. The second kappa shape index (κ2) is 7.73. The van der Waals surface area contributed by atoms with Crippen LogP contribution >= 0.6 is 11.8 Å². The maximum absolute atomic E-state index is 12.0. The minimum absolute atomic E-state index is 0.00179. The van der Waals surface area contributed by atoms with Crippen LogP contribution < -0.4 is 5.32 Å². The van der Waals surface area contributed by atoms with Gasteiger partial charge in [0, 0.05) is 38.2 Å².